The molecule has 0 spiro atoms. The van der Waals surface area contributed by atoms with E-state index >= 15 is 0 Å². The first-order valence-electron chi connectivity index (χ1n) is 10.3. The van der Waals surface area contributed by atoms with E-state index in [0.29, 0.717) is 32.3 Å². The largest absolute Gasteiger partial charge is 0.493 e. The van der Waals surface area contributed by atoms with Gasteiger partial charge in [0.05, 0.1) is 32.4 Å². The van der Waals surface area contributed by atoms with Crippen LogP contribution in [-0.2, 0) is 24.5 Å². The zero-order valence-electron chi connectivity index (χ0n) is 17.0. The Kier molecular flexibility index (Phi) is 6.62. The van der Waals surface area contributed by atoms with Gasteiger partial charge in [-0.15, -0.1) is 0 Å². The molecule has 0 aliphatic carbocycles. The lowest BCUT2D eigenvalue weighted by molar-refractivity contribution is 0.107. The van der Waals surface area contributed by atoms with Crippen LogP contribution in [0.1, 0.15) is 34.7 Å². The topological polar surface area (TPSA) is 68.9 Å². The number of guanidine groups is 1. The molecule has 5 nitrogen and oxygen atoms in total. The number of nitrogens with zero attached hydrogens (tertiary/aromatic N) is 1. The number of ether oxygens (including phenoxy) is 2. The molecular formula is C25H27N3O2. The molecule has 0 amide bonds. The van der Waals surface area contributed by atoms with E-state index in [9.17, 15) is 0 Å². The van der Waals surface area contributed by atoms with Crippen molar-refractivity contribution in [3.8, 4) is 5.75 Å². The van der Waals surface area contributed by atoms with E-state index in [-0.39, 0.29) is 6.04 Å². The Morgan fingerprint density at radius 2 is 1.67 bits per heavy atom. The second kappa shape index (κ2) is 9.94. The van der Waals surface area contributed by atoms with Crippen molar-refractivity contribution >= 4 is 5.96 Å². The van der Waals surface area contributed by atoms with Gasteiger partial charge in [-0.2, -0.15) is 0 Å². The van der Waals surface area contributed by atoms with E-state index in [0.717, 1.165) is 28.9 Å². The number of nitrogens with two attached hydrogens (primary N) is 1. The molecule has 30 heavy (non-hydrogen) atoms. The third-order valence-electron chi connectivity index (χ3n) is 5.08. The highest BCUT2D eigenvalue weighted by Crippen LogP contribution is 2.31. The van der Waals surface area contributed by atoms with Crippen molar-refractivity contribution in [2.24, 2.45) is 10.7 Å². The zero-order valence-corrected chi connectivity index (χ0v) is 17.0. The van der Waals surface area contributed by atoms with Crippen molar-refractivity contribution in [3.63, 3.8) is 0 Å². The third-order valence-corrected chi connectivity index (χ3v) is 5.08. The Hall–Kier alpha value is -3.31. The molecule has 0 aromatic heterocycles. The fraction of sp³-hybridized carbons (Fsp3) is 0.240. The minimum absolute atomic E-state index is 0.122. The Bertz CT molecular complexity index is 988. The summed E-state index contributed by atoms with van der Waals surface area (Å²) in [6.45, 7) is 2.37. The van der Waals surface area contributed by atoms with Crippen molar-refractivity contribution in [3.05, 3.63) is 101 Å². The van der Waals surface area contributed by atoms with Gasteiger partial charge in [0.15, 0.2) is 5.96 Å². The number of rotatable bonds is 7. The van der Waals surface area contributed by atoms with Crippen molar-refractivity contribution in [2.45, 2.75) is 32.2 Å². The van der Waals surface area contributed by atoms with Gasteiger partial charge in [0, 0.05) is 12.0 Å². The second-order valence-electron chi connectivity index (χ2n) is 7.37. The van der Waals surface area contributed by atoms with Crippen molar-refractivity contribution < 1.29 is 9.47 Å². The molecule has 1 unspecified atom stereocenters. The van der Waals surface area contributed by atoms with Crippen molar-refractivity contribution in [1.29, 1.82) is 0 Å². The van der Waals surface area contributed by atoms with Crippen LogP contribution in [-0.4, -0.2) is 12.6 Å². The number of nitrogens with one attached hydrogen (secondary N) is 1. The molecule has 0 radical (unpaired) electrons. The fourth-order valence-electron chi connectivity index (χ4n) is 3.57. The van der Waals surface area contributed by atoms with E-state index in [1.165, 1.54) is 5.56 Å². The standard InChI is InChI=1S/C25H27N3O2/c26-25(28-23-13-14-30-24-12-5-4-11-22(23)24)27-16-20-9-6-10-21(15-20)18-29-17-19-7-2-1-3-8-19/h1-12,15,23H,13-14,16-18H2,(H3,26,27,28). The first kappa shape index (κ1) is 20.0. The summed E-state index contributed by atoms with van der Waals surface area (Å²) >= 11 is 0. The van der Waals surface area contributed by atoms with Crippen LogP contribution in [0, 0.1) is 0 Å². The van der Waals surface area contributed by atoms with Crippen LogP contribution in [0.25, 0.3) is 0 Å². The van der Waals surface area contributed by atoms with Gasteiger partial charge >= 0.3 is 0 Å². The summed E-state index contributed by atoms with van der Waals surface area (Å²) in [5.74, 6) is 1.36. The smallest absolute Gasteiger partial charge is 0.189 e. The summed E-state index contributed by atoms with van der Waals surface area (Å²) in [5.41, 5.74) is 10.7. The van der Waals surface area contributed by atoms with Gasteiger partial charge in [0.2, 0.25) is 0 Å². The molecule has 3 aromatic carbocycles. The molecule has 0 saturated heterocycles. The summed E-state index contributed by atoms with van der Waals surface area (Å²) in [6, 6.07) is 26.6. The lowest BCUT2D eigenvalue weighted by Gasteiger charge is -2.26. The van der Waals surface area contributed by atoms with Gasteiger partial charge in [-0.3, -0.25) is 0 Å². The Balaban J connectivity index is 1.31. The number of benzene rings is 3. The highest BCUT2D eigenvalue weighted by Gasteiger charge is 2.21. The summed E-state index contributed by atoms with van der Waals surface area (Å²) < 4.78 is 11.5. The predicted molar refractivity (Wildman–Crippen MR) is 119 cm³/mol. The zero-order chi connectivity index (χ0) is 20.6. The van der Waals surface area contributed by atoms with E-state index in [4.69, 9.17) is 15.2 Å². The maximum Gasteiger partial charge on any atom is 0.189 e. The Morgan fingerprint density at radius 3 is 2.57 bits per heavy atom. The highest BCUT2D eigenvalue weighted by atomic mass is 16.5. The molecular weight excluding hydrogens is 374 g/mol. The normalized spacial score (nSPS) is 15.9. The predicted octanol–water partition coefficient (Wildman–Crippen LogP) is 4.33. The van der Waals surface area contributed by atoms with Gasteiger partial charge in [0.25, 0.3) is 0 Å². The summed E-state index contributed by atoms with van der Waals surface area (Å²) in [5, 5.41) is 3.34. The van der Waals surface area contributed by atoms with Crippen LogP contribution in [0.3, 0.4) is 0 Å². The molecule has 3 N–H and O–H groups in total. The van der Waals surface area contributed by atoms with Crippen LogP contribution in [0.15, 0.2) is 83.9 Å². The second-order valence-corrected chi connectivity index (χ2v) is 7.37. The Labute approximate surface area is 177 Å². The SMILES string of the molecule is NC(=NCc1cccc(COCc2ccccc2)c1)NC1CCOc2ccccc21. The first-order chi connectivity index (χ1) is 14.8. The Morgan fingerprint density at radius 1 is 0.933 bits per heavy atom. The minimum atomic E-state index is 0.122. The maximum absolute atomic E-state index is 6.17. The van der Waals surface area contributed by atoms with Gasteiger partial charge in [-0.05, 0) is 22.8 Å². The lowest BCUT2D eigenvalue weighted by atomic mass is 10.0. The van der Waals surface area contributed by atoms with E-state index < -0.39 is 0 Å². The van der Waals surface area contributed by atoms with E-state index in [1.54, 1.807) is 0 Å². The minimum Gasteiger partial charge on any atom is -0.493 e. The number of fused-ring (bicyclic) bond motifs is 1. The first-order valence-corrected chi connectivity index (χ1v) is 10.3. The molecule has 0 fully saturated rings. The molecule has 154 valence electrons. The number of para-hydroxylation sites is 1. The molecule has 1 heterocycles. The van der Waals surface area contributed by atoms with Crippen molar-refractivity contribution in [1.82, 2.24) is 5.32 Å². The molecule has 3 aromatic rings. The number of hydrogen-bond acceptors (Lipinski definition) is 3. The number of aliphatic imine (C=N–C) groups is 1. The molecule has 1 aliphatic heterocycles. The van der Waals surface area contributed by atoms with Crippen LogP contribution < -0.4 is 15.8 Å². The monoisotopic (exact) mass is 401 g/mol. The quantitative estimate of drug-likeness (QED) is 0.457. The molecule has 4 rings (SSSR count). The summed E-state index contributed by atoms with van der Waals surface area (Å²) in [4.78, 5) is 4.53. The molecule has 0 bridgehead atoms. The van der Waals surface area contributed by atoms with Gasteiger partial charge in [0.1, 0.15) is 5.75 Å². The van der Waals surface area contributed by atoms with Crippen LogP contribution >= 0.6 is 0 Å². The fourth-order valence-corrected chi connectivity index (χ4v) is 3.57. The van der Waals surface area contributed by atoms with Crippen LogP contribution in [0.5, 0.6) is 5.75 Å². The molecule has 1 atom stereocenters. The molecule has 5 heteroatoms. The maximum atomic E-state index is 6.17. The van der Waals surface area contributed by atoms with E-state index in [2.05, 4.69) is 46.7 Å². The van der Waals surface area contributed by atoms with Crippen LogP contribution in [0.2, 0.25) is 0 Å². The highest BCUT2D eigenvalue weighted by molar-refractivity contribution is 5.78. The third kappa shape index (κ3) is 5.39. The van der Waals surface area contributed by atoms with Gasteiger partial charge in [-0.25, -0.2) is 4.99 Å². The molecule has 0 saturated carbocycles. The average Bonchev–Trinajstić information content (AvgIpc) is 2.79. The molecule has 1 aliphatic rings. The van der Waals surface area contributed by atoms with E-state index in [1.807, 2.05) is 42.5 Å². The summed E-state index contributed by atoms with van der Waals surface area (Å²) in [7, 11) is 0. The van der Waals surface area contributed by atoms with Gasteiger partial charge in [-0.1, -0.05) is 72.8 Å². The summed E-state index contributed by atoms with van der Waals surface area (Å²) in [6.07, 6.45) is 0.863. The average molecular weight is 402 g/mol. The lowest BCUT2D eigenvalue weighted by Crippen LogP contribution is -2.37. The van der Waals surface area contributed by atoms with Crippen LogP contribution in [0.4, 0.5) is 0 Å². The number of hydrogen-bond donors (Lipinski definition) is 2. The van der Waals surface area contributed by atoms with Gasteiger partial charge < -0.3 is 20.5 Å². The van der Waals surface area contributed by atoms with Crippen molar-refractivity contribution in [2.75, 3.05) is 6.61 Å².